The van der Waals surface area contributed by atoms with Crippen molar-refractivity contribution in [3.8, 4) is 6.07 Å². The summed E-state index contributed by atoms with van der Waals surface area (Å²) in [6.07, 6.45) is -4.56. The number of nitriles is 1. The molecule has 0 aromatic carbocycles. The molecule has 1 saturated heterocycles. The Morgan fingerprint density at radius 1 is 1.30 bits per heavy atom. The quantitative estimate of drug-likeness (QED) is 0.196. The first-order chi connectivity index (χ1) is 15.4. The Hall–Kier alpha value is -3.16. The maximum atomic E-state index is 11.4. The number of aromatic nitrogens is 3. The molecule has 2 aromatic rings. The van der Waals surface area contributed by atoms with Crippen LogP contribution < -0.4 is 5.32 Å². The zero-order valence-electron chi connectivity index (χ0n) is 16.4. The monoisotopic (exact) mass is 487 g/mol. The number of carbonyl (C=O) groups is 2. The summed E-state index contributed by atoms with van der Waals surface area (Å²) in [6.45, 7) is -0.749. The second-order valence-corrected chi connectivity index (χ2v) is 8.19. The number of aliphatic hydroxyl groups excluding tert-OH is 2. The van der Waals surface area contributed by atoms with E-state index in [2.05, 4.69) is 19.8 Å². The van der Waals surface area contributed by atoms with Crippen LogP contribution in [-0.2, 0) is 23.4 Å². The first kappa shape index (κ1) is 24.5. The average molecular weight is 487 g/mol. The van der Waals surface area contributed by atoms with Crippen molar-refractivity contribution in [2.24, 2.45) is 0 Å². The van der Waals surface area contributed by atoms with Crippen LogP contribution in [0.5, 0.6) is 0 Å². The summed E-state index contributed by atoms with van der Waals surface area (Å²) in [4.78, 5) is 47.9. The summed E-state index contributed by atoms with van der Waals surface area (Å²) in [5.74, 6) is -3.04. The van der Waals surface area contributed by atoms with E-state index in [0.717, 1.165) is 10.9 Å². The molecule has 17 heteroatoms. The normalized spacial score (nSPS) is 23.8. The third-order valence-corrected chi connectivity index (χ3v) is 5.22. The number of nitrogens with zero attached hydrogens (tertiary/aromatic N) is 4. The summed E-state index contributed by atoms with van der Waals surface area (Å²) in [7, 11) is -4.88. The highest BCUT2D eigenvalue weighted by atomic mass is 31.2. The van der Waals surface area contributed by atoms with Crippen LogP contribution in [0.2, 0.25) is 0 Å². The molecule has 0 radical (unpaired) electrons. The van der Waals surface area contributed by atoms with E-state index in [1.807, 2.05) is 6.07 Å². The summed E-state index contributed by atoms with van der Waals surface area (Å²) in [6, 6.07) is 0.264. The lowest BCUT2D eigenvalue weighted by Crippen LogP contribution is -2.33. The van der Waals surface area contributed by atoms with E-state index in [9.17, 15) is 34.7 Å². The summed E-state index contributed by atoms with van der Waals surface area (Å²) < 4.78 is 21.9. The van der Waals surface area contributed by atoms with Crippen LogP contribution in [0.1, 0.15) is 18.2 Å². The standard InChI is InChI=1S/C16H18N5O11P/c17-2-6-3-21(15-12(25)11(24)8(32-15)4-31-33(28,29)30)14-10(6)13(18-5-19-14)20-7(16(26)27)1-9(22)23/h3,5,7-8,11-12,15,24-25H,1,4H2,(H,22,23)(H,26,27)(H,18,19,20)(H2,28,29,30)/t7?,8-,11-,12-,15+/m1/s1. The number of carboxylic acids is 2. The summed E-state index contributed by atoms with van der Waals surface area (Å²) in [5.41, 5.74) is -0.121. The van der Waals surface area contributed by atoms with Crippen molar-refractivity contribution in [3.63, 3.8) is 0 Å². The van der Waals surface area contributed by atoms with Crippen molar-refractivity contribution in [1.29, 1.82) is 5.26 Å². The number of hydrogen-bond donors (Lipinski definition) is 7. The molecule has 3 rings (SSSR count). The number of ether oxygens (including phenoxy) is 1. The second-order valence-electron chi connectivity index (χ2n) is 6.95. The molecule has 5 atom stereocenters. The molecule has 7 N–H and O–H groups in total. The van der Waals surface area contributed by atoms with Gasteiger partial charge < -0.3 is 44.8 Å². The number of phosphoric ester groups is 1. The SMILES string of the molecule is N#Cc1cn([C@H]2O[C@H](COP(=O)(O)O)[C@@H](O)[C@H]2O)c2ncnc(NC(CC(=O)O)C(=O)O)c12. The number of carboxylic acid groups (broad SMARTS) is 2. The van der Waals surface area contributed by atoms with Crippen molar-refractivity contribution in [2.45, 2.75) is 37.0 Å². The van der Waals surface area contributed by atoms with Gasteiger partial charge in [-0.1, -0.05) is 0 Å². The lowest BCUT2D eigenvalue weighted by molar-refractivity contribution is -0.144. The van der Waals surface area contributed by atoms with Crippen molar-refractivity contribution in [1.82, 2.24) is 14.5 Å². The minimum Gasteiger partial charge on any atom is -0.481 e. The third-order valence-electron chi connectivity index (χ3n) is 4.74. The molecule has 178 valence electrons. The zero-order valence-corrected chi connectivity index (χ0v) is 17.3. The van der Waals surface area contributed by atoms with Gasteiger partial charge in [0.05, 0.1) is 24.0 Å². The predicted molar refractivity (Wildman–Crippen MR) is 103 cm³/mol. The molecule has 1 aliphatic heterocycles. The first-order valence-corrected chi connectivity index (χ1v) is 10.6. The van der Waals surface area contributed by atoms with Crippen molar-refractivity contribution < 1.29 is 53.6 Å². The van der Waals surface area contributed by atoms with E-state index in [1.54, 1.807) is 0 Å². The number of aliphatic hydroxyl groups is 2. The third kappa shape index (κ3) is 5.26. The van der Waals surface area contributed by atoms with Gasteiger partial charge in [-0.2, -0.15) is 5.26 Å². The van der Waals surface area contributed by atoms with E-state index in [0.29, 0.717) is 0 Å². The number of nitrogens with one attached hydrogen (secondary N) is 1. The maximum absolute atomic E-state index is 11.4. The van der Waals surface area contributed by atoms with Crippen LogP contribution in [0.15, 0.2) is 12.5 Å². The highest BCUT2D eigenvalue weighted by Gasteiger charge is 2.45. The molecular formula is C16H18N5O11P. The van der Waals surface area contributed by atoms with Crippen LogP contribution >= 0.6 is 7.82 Å². The molecule has 1 fully saturated rings. The van der Waals surface area contributed by atoms with Crippen LogP contribution in [0.25, 0.3) is 11.0 Å². The molecule has 1 aliphatic rings. The lowest BCUT2D eigenvalue weighted by Gasteiger charge is -2.18. The van der Waals surface area contributed by atoms with Gasteiger partial charge in [0, 0.05) is 6.20 Å². The van der Waals surface area contributed by atoms with Gasteiger partial charge in [0.15, 0.2) is 6.23 Å². The van der Waals surface area contributed by atoms with E-state index in [1.165, 1.54) is 6.20 Å². The van der Waals surface area contributed by atoms with Gasteiger partial charge in [0.1, 0.15) is 48.2 Å². The van der Waals surface area contributed by atoms with Gasteiger partial charge in [0.25, 0.3) is 0 Å². The van der Waals surface area contributed by atoms with Crippen LogP contribution in [-0.4, -0.2) is 87.6 Å². The van der Waals surface area contributed by atoms with E-state index >= 15 is 0 Å². The van der Waals surface area contributed by atoms with Crippen molar-refractivity contribution in [2.75, 3.05) is 11.9 Å². The van der Waals surface area contributed by atoms with Gasteiger partial charge in [-0.05, 0) is 0 Å². The Labute approximate surface area is 183 Å². The zero-order chi connectivity index (χ0) is 24.5. The van der Waals surface area contributed by atoms with Gasteiger partial charge in [-0.15, -0.1) is 0 Å². The summed E-state index contributed by atoms with van der Waals surface area (Å²) in [5, 5.41) is 50.8. The molecular weight excluding hydrogens is 469 g/mol. The first-order valence-electron chi connectivity index (χ1n) is 9.11. The summed E-state index contributed by atoms with van der Waals surface area (Å²) >= 11 is 0. The molecule has 33 heavy (non-hydrogen) atoms. The minimum absolute atomic E-state index is 0.00292. The fourth-order valence-electron chi connectivity index (χ4n) is 3.28. The topological polar surface area (TPSA) is 258 Å². The minimum atomic E-state index is -4.88. The second kappa shape index (κ2) is 9.37. The fraction of sp³-hybridized carbons (Fsp3) is 0.438. The fourth-order valence-corrected chi connectivity index (χ4v) is 3.62. The van der Waals surface area contributed by atoms with Crippen LogP contribution in [0.3, 0.4) is 0 Å². The number of anilines is 1. The Kier molecular flexibility index (Phi) is 6.95. The maximum Gasteiger partial charge on any atom is 0.469 e. The van der Waals surface area contributed by atoms with Crippen LogP contribution in [0.4, 0.5) is 5.82 Å². The molecule has 16 nitrogen and oxygen atoms in total. The Bertz CT molecular complexity index is 1160. The molecule has 0 saturated carbocycles. The van der Waals surface area contributed by atoms with Gasteiger partial charge in [-0.3, -0.25) is 9.32 Å². The molecule has 3 heterocycles. The van der Waals surface area contributed by atoms with Crippen molar-refractivity contribution >= 4 is 36.6 Å². The number of phosphoric acid groups is 1. The highest BCUT2D eigenvalue weighted by Crippen LogP contribution is 2.39. The number of hydrogen-bond acceptors (Lipinski definition) is 11. The number of rotatable bonds is 9. The lowest BCUT2D eigenvalue weighted by atomic mass is 10.1. The molecule has 0 bridgehead atoms. The molecule has 0 aliphatic carbocycles. The molecule has 0 amide bonds. The largest absolute Gasteiger partial charge is 0.481 e. The predicted octanol–water partition coefficient (Wildman–Crippen LogP) is -1.63. The number of fused-ring (bicyclic) bond motifs is 1. The Balaban J connectivity index is 1.98. The smallest absolute Gasteiger partial charge is 0.469 e. The number of aliphatic carboxylic acids is 2. The van der Waals surface area contributed by atoms with Gasteiger partial charge >= 0.3 is 19.8 Å². The van der Waals surface area contributed by atoms with E-state index in [4.69, 9.17) is 19.6 Å². The van der Waals surface area contributed by atoms with Crippen molar-refractivity contribution in [3.05, 3.63) is 18.1 Å². The molecule has 2 aromatic heterocycles. The van der Waals surface area contributed by atoms with E-state index in [-0.39, 0.29) is 22.4 Å². The van der Waals surface area contributed by atoms with Crippen LogP contribution in [0, 0.1) is 11.3 Å². The van der Waals surface area contributed by atoms with Gasteiger partial charge in [-0.25, -0.2) is 19.3 Å². The van der Waals surface area contributed by atoms with Gasteiger partial charge in [0.2, 0.25) is 0 Å². The molecule has 0 spiro atoms. The molecule has 1 unspecified atom stereocenters. The average Bonchev–Trinajstić information content (AvgIpc) is 3.23. The Morgan fingerprint density at radius 3 is 2.58 bits per heavy atom. The Morgan fingerprint density at radius 2 is 2.00 bits per heavy atom. The highest BCUT2D eigenvalue weighted by molar-refractivity contribution is 7.46. The van der Waals surface area contributed by atoms with E-state index < -0.39 is 63.4 Å².